The zero-order valence-electron chi connectivity index (χ0n) is 26.8. The van der Waals surface area contributed by atoms with E-state index in [0.717, 1.165) is 35.5 Å². The predicted molar refractivity (Wildman–Crippen MR) is 180 cm³/mol. The Morgan fingerprint density at radius 2 is 1.13 bits per heavy atom. The van der Waals surface area contributed by atoms with Crippen molar-refractivity contribution >= 4 is 38.8 Å². The van der Waals surface area contributed by atoms with Crippen molar-refractivity contribution in [3.05, 3.63) is 159 Å². The average molecular weight is 727 g/mol. The molecule has 1 atom stereocenters. The summed E-state index contributed by atoms with van der Waals surface area (Å²) in [6.07, 6.45) is -7.29. The summed E-state index contributed by atoms with van der Waals surface area (Å²) in [5.41, 5.74) is -3.42. The molecule has 4 aromatic carbocycles. The van der Waals surface area contributed by atoms with E-state index in [4.69, 9.17) is 0 Å². The van der Waals surface area contributed by atoms with Crippen molar-refractivity contribution in [1.29, 1.82) is 0 Å². The molecule has 0 fully saturated rings. The number of aliphatic hydroxyl groups excluding tert-OH is 1. The first-order valence-corrected chi connectivity index (χ1v) is 15.2. The summed E-state index contributed by atoms with van der Waals surface area (Å²) in [4.78, 5) is 20.8. The quantitative estimate of drug-likeness (QED) is 0.0871. The van der Waals surface area contributed by atoms with Gasteiger partial charge in [0.1, 0.15) is 0 Å². The molecule has 270 valence electrons. The van der Waals surface area contributed by atoms with Crippen LogP contribution in [0.25, 0.3) is 27.4 Å². The molecule has 10 nitrogen and oxygen atoms in total. The molecule has 0 aliphatic carbocycles. The van der Waals surface area contributed by atoms with Crippen LogP contribution in [-0.2, 0) is 18.7 Å². The van der Waals surface area contributed by atoms with Gasteiger partial charge in [-0.2, -0.15) is 26.3 Å². The highest BCUT2D eigenvalue weighted by Crippen LogP contribution is 2.43. The first kappa shape index (κ1) is 37.3. The Morgan fingerprint density at radius 3 is 1.56 bits per heavy atom. The number of alkyl halides is 6. The lowest BCUT2D eigenvalue weighted by Gasteiger charge is -2.28. The minimum absolute atomic E-state index is 0.0228. The molecule has 0 aliphatic rings. The Kier molecular flexibility index (Phi) is 10.3. The van der Waals surface area contributed by atoms with Crippen LogP contribution in [-0.4, -0.2) is 48.2 Å². The Balaban J connectivity index is 0.000000202. The number of hydrogen-bond acceptors (Lipinski definition) is 6. The van der Waals surface area contributed by atoms with E-state index >= 15 is 0 Å². The van der Waals surface area contributed by atoms with Gasteiger partial charge in [0.25, 0.3) is 11.4 Å². The summed E-state index contributed by atoms with van der Waals surface area (Å²) >= 11 is 0. The van der Waals surface area contributed by atoms with E-state index in [2.05, 4.69) is 6.58 Å². The molecule has 2 aromatic heterocycles. The Hall–Kier alpha value is -6.00. The number of fused-ring (bicyclic) bond motifs is 2. The van der Waals surface area contributed by atoms with E-state index in [1.807, 2.05) is 30.3 Å². The normalized spacial score (nSPS) is 13.0. The largest absolute Gasteiger partial charge is 0.423 e. The molecule has 2 N–H and O–H groups in total. The van der Waals surface area contributed by atoms with Crippen LogP contribution in [0, 0.1) is 20.2 Å². The zero-order valence-corrected chi connectivity index (χ0v) is 26.8. The topological polar surface area (TPSA) is 137 Å². The molecule has 2 heterocycles. The number of aliphatic hydroxyl groups is 2. The number of non-ortho nitro benzene ring substituents is 2. The first-order chi connectivity index (χ1) is 24.4. The zero-order chi connectivity index (χ0) is 38.0. The summed E-state index contributed by atoms with van der Waals surface area (Å²) in [6.45, 7) is 2.01. The van der Waals surface area contributed by atoms with Crippen LogP contribution in [0.3, 0.4) is 0 Å². The second-order valence-electron chi connectivity index (χ2n) is 11.7. The highest BCUT2D eigenvalue weighted by molar-refractivity contribution is 5.95. The maximum atomic E-state index is 13.4. The number of halogens is 6. The van der Waals surface area contributed by atoms with Crippen molar-refractivity contribution in [3.63, 3.8) is 0 Å². The van der Waals surface area contributed by atoms with Gasteiger partial charge >= 0.3 is 12.4 Å². The molecule has 0 radical (unpaired) electrons. The van der Waals surface area contributed by atoms with Gasteiger partial charge in [0, 0.05) is 71.6 Å². The second-order valence-corrected chi connectivity index (χ2v) is 11.7. The van der Waals surface area contributed by atoms with Gasteiger partial charge in [-0.1, -0.05) is 67.2 Å². The molecule has 0 spiro atoms. The first-order valence-electron chi connectivity index (χ1n) is 15.2. The average Bonchev–Trinajstić information content (AvgIpc) is 3.65. The third-order valence-corrected chi connectivity index (χ3v) is 8.36. The molecule has 16 heteroatoms. The summed E-state index contributed by atoms with van der Waals surface area (Å²) in [7, 11) is 0. The van der Waals surface area contributed by atoms with Crippen LogP contribution in [0.15, 0.2) is 116 Å². The number of aromatic nitrogens is 2. The van der Waals surface area contributed by atoms with E-state index < -0.39 is 45.5 Å². The molecule has 0 bridgehead atoms. The molecule has 52 heavy (non-hydrogen) atoms. The summed E-state index contributed by atoms with van der Waals surface area (Å²) < 4.78 is 82.5. The Morgan fingerprint density at radius 1 is 0.692 bits per heavy atom. The van der Waals surface area contributed by atoms with Gasteiger partial charge in [0.05, 0.1) is 33.1 Å². The highest BCUT2D eigenvalue weighted by atomic mass is 19.4. The summed E-state index contributed by atoms with van der Waals surface area (Å²) in [5.74, 6) is 0. The Bertz CT molecular complexity index is 2270. The van der Waals surface area contributed by atoms with Crippen molar-refractivity contribution in [2.45, 2.75) is 31.0 Å². The summed E-state index contributed by atoms with van der Waals surface area (Å²) in [5, 5.41) is 41.8. The van der Waals surface area contributed by atoms with Gasteiger partial charge in [0.2, 0.25) is 5.60 Å². The number of hydrogen-bond donors (Lipinski definition) is 2. The summed E-state index contributed by atoms with van der Waals surface area (Å²) in [6, 6.07) is 25.1. The maximum absolute atomic E-state index is 13.4. The lowest BCUT2D eigenvalue weighted by Crippen LogP contribution is -2.45. The molecular formula is C36H28F6N4O6. The maximum Gasteiger partial charge on any atom is 0.423 e. The van der Waals surface area contributed by atoms with Crippen molar-refractivity contribution in [2.24, 2.45) is 0 Å². The van der Waals surface area contributed by atoms with Crippen molar-refractivity contribution in [3.8, 4) is 0 Å². The van der Waals surface area contributed by atoms with E-state index in [1.54, 1.807) is 34.9 Å². The van der Waals surface area contributed by atoms with Gasteiger partial charge in [0.15, 0.2) is 0 Å². The van der Waals surface area contributed by atoms with Crippen molar-refractivity contribution in [2.75, 3.05) is 6.61 Å². The molecule has 6 aromatic rings. The van der Waals surface area contributed by atoms with E-state index in [9.17, 15) is 56.8 Å². The van der Waals surface area contributed by atoms with E-state index in [1.165, 1.54) is 29.0 Å². The van der Waals surface area contributed by atoms with E-state index in [0.29, 0.717) is 12.1 Å². The smallest absolute Gasteiger partial charge is 0.393 e. The number of allylic oxidation sites excluding steroid dienone is 1. The monoisotopic (exact) mass is 726 g/mol. The van der Waals surface area contributed by atoms with Gasteiger partial charge < -0.3 is 19.3 Å². The minimum atomic E-state index is -5.13. The molecule has 0 saturated heterocycles. The van der Waals surface area contributed by atoms with Gasteiger partial charge in [-0.3, -0.25) is 20.2 Å². The fraction of sp³-hybridized carbons (Fsp3) is 0.167. The van der Waals surface area contributed by atoms with Crippen LogP contribution < -0.4 is 0 Å². The predicted octanol–water partition coefficient (Wildman–Crippen LogP) is 8.51. The standard InChI is InChI=1S/C18H15F3N2O4.C18H13F3N2O2/c19-18(20,21)17(25,11-24)15-10-22(9-12-4-2-1-3-5-12)16-8-13(23(26)27)6-7-14(15)16;1-12(18(19,20)21)16-11-22(10-13-5-3-2-4-6-13)17-9-14(23(24)25)7-8-15(16)17/h1-8,10,24-25H,9,11H2;2-9,11H,1,10H2. The van der Waals surface area contributed by atoms with Crippen molar-refractivity contribution < 1.29 is 46.4 Å². The molecular weight excluding hydrogens is 698 g/mol. The third-order valence-electron chi connectivity index (χ3n) is 8.36. The molecule has 0 saturated carbocycles. The lowest BCUT2D eigenvalue weighted by atomic mass is 9.93. The highest BCUT2D eigenvalue weighted by Gasteiger charge is 2.56. The second kappa shape index (κ2) is 14.3. The molecule has 0 aliphatic heterocycles. The lowest BCUT2D eigenvalue weighted by molar-refractivity contribution is -0.384. The van der Waals surface area contributed by atoms with Crippen LogP contribution in [0.4, 0.5) is 37.7 Å². The molecule has 6 rings (SSSR count). The number of rotatable bonds is 9. The van der Waals surface area contributed by atoms with Gasteiger partial charge in [-0.15, -0.1) is 0 Å². The number of benzene rings is 4. The fourth-order valence-electron chi connectivity index (χ4n) is 5.66. The fourth-order valence-corrected chi connectivity index (χ4v) is 5.66. The Labute approximate surface area is 290 Å². The van der Waals surface area contributed by atoms with Crippen LogP contribution in [0.5, 0.6) is 0 Å². The molecule has 1 unspecified atom stereocenters. The number of nitrogens with zero attached hydrogens (tertiary/aromatic N) is 4. The van der Waals surface area contributed by atoms with Crippen molar-refractivity contribution in [1.82, 2.24) is 9.13 Å². The van der Waals surface area contributed by atoms with Crippen LogP contribution >= 0.6 is 0 Å². The molecule has 0 amide bonds. The SMILES string of the molecule is C=C(c1cn(Cc2ccccc2)c2cc([N+](=O)[O-])ccc12)C(F)(F)F.O=[N+]([O-])c1ccc2c(C(O)(CO)C(F)(F)F)cn(Cc3ccccc3)c2c1. The number of nitro benzene ring substituents is 2. The number of nitro groups is 2. The van der Waals surface area contributed by atoms with Crippen LogP contribution in [0.1, 0.15) is 22.3 Å². The van der Waals surface area contributed by atoms with Gasteiger partial charge in [-0.05, 0) is 23.3 Å². The van der Waals surface area contributed by atoms with Gasteiger partial charge in [-0.25, -0.2) is 0 Å². The van der Waals surface area contributed by atoms with Crippen LogP contribution in [0.2, 0.25) is 0 Å². The third kappa shape index (κ3) is 7.52. The minimum Gasteiger partial charge on any atom is -0.393 e. The van der Waals surface area contributed by atoms with E-state index in [-0.39, 0.29) is 39.8 Å².